The summed E-state index contributed by atoms with van der Waals surface area (Å²) >= 11 is 0. The standard InChI is InChI=1S/C21H15N5O/c22-13-19-18(15-3-1-4-16(11-15)26-10-2-9-24-26)12-20(25-21(19)23)14-5-7-17(27)8-6-14/h1-12,27H,(H2,23,25). The molecule has 0 saturated heterocycles. The van der Waals surface area contributed by atoms with Crippen LogP contribution >= 0.6 is 0 Å². The van der Waals surface area contributed by atoms with Crippen molar-refractivity contribution < 1.29 is 5.11 Å². The quantitative estimate of drug-likeness (QED) is 0.584. The van der Waals surface area contributed by atoms with Gasteiger partial charge in [0.25, 0.3) is 0 Å². The Labute approximate surface area is 155 Å². The molecule has 0 atom stereocenters. The van der Waals surface area contributed by atoms with Crippen LogP contribution in [0.1, 0.15) is 5.56 Å². The minimum Gasteiger partial charge on any atom is -0.508 e. The fourth-order valence-corrected chi connectivity index (χ4v) is 2.93. The van der Waals surface area contributed by atoms with Gasteiger partial charge >= 0.3 is 0 Å². The summed E-state index contributed by atoms with van der Waals surface area (Å²) in [5, 5.41) is 23.3. The molecular formula is C21H15N5O. The van der Waals surface area contributed by atoms with Crippen molar-refractivity contribution in [1.82, 2.24) is 14.8 Å². The van der Waals surface area contributed by atoms with Gasteiger partial charge in [-0.3, -0.25) is 0 Å². The molecule has 0 aliphatic carbocycles. The van der Waals surface area contributed by atoms with Gasteiger partial charge in [-0.2, -0.15) is 10.4 Å². The first kappa shape index (κ1) is 16.4. The highest BCUT2D eigenvalue weighted by Gasteiger charge is 2.14. The van der Waals surface area contributed by atoms with E-state index in [1.165, 1.54) is 0 Å². The number of anilines is 1. The van der Waals surface area contributed by atoms with E-state index in [2.05, 4.69) is 16.2 Å². The van der Waals surface area contributed by atoms with Crippen LogP contribution < -0.4 is 5.73 Å². The highest BCUT2D eigenvalue weighted by atomic mass is 16.3. The fourth-order valence-electron chi connectivity index (χ4n) is 2.93. The summed E-state index contributed by atoms with van der Waals surface area (Å²) in [5.41, 5.74) is 10.2. The lowest BCUT2D eigenvalue weighted by Gasteiger charge is -2.11. The van der Waals surface area contributed by atoms with Crippen molar-refractivity contribution in [2.75, 3.05) is 5.73 Å². The zero-order valence-electron chi connectivity index (χ0n) is 14.2. The van der Waals surface area contributed by atoms with E-state index in [4.69, 9.17) is 5.73 Å². The number of aromatic nitrogens is 3. The van der Waals surface area contributed by atoms with Crippen molar-refractivity contribution in [2.45, 2.75) is 0 Å². The molecule has 0 fully saturated rings. The number of aromatic hydroxyl groups is 1. The first-order valence-electron chi connectivity index (χ1n) is 8.26. The third kappa shape index (κ3) is 3.10. The number of nitrogens with zero attached hydrogens (tertiary/aromatic N) is 4. The number of pyridine rings is 1. The lowest BCUT2D eigenvalue weighted by atomic mass is 9.98. The summed E-state index contributed by atoms with van der Waals surface area (Å²) in [7, 11) is 0. The van der Waals surface area contributed by atoms with Crippen molar-refractivity contribution in [3.8, 4) is 39.9 Å². The van der Waals surface area contributed by atoms with Gasteiger partial charge in [0.05, 0.1) is 11.4 Å². The van der Waals surface area contributed by atoms with Gasteiger partial charge in [0.2, 0.25) is 0 Å². The molecule has 0 spiro atoms. The van der Waals surface area contributed by atoms with Gasteiger partial charge in [-0.1, -0.05) is 12.1 Å². The highest BCUT2D eigenvalue weighted by molar-refractivity contribution is 5.80. The Morgan fingerprint density at radius 3 is 2.52 bits per heavy atom. The third-order valence-corrected chi connectivity index (χ3v) is 4.25. The van der Waals surface area contributed by atoms with Gasteiger partial charge < -0.3 is 10.8 Å². The minimum absolute atomic E-state index is 0.169. The molecule has 3 N–H and O–H groups in total. The molecule has 130 valence electrons. The molecule has 0 aliphatic rings. The van der Waals surface area contributed by atoms with Crippen LogP contribution in [-0.4, -0.2) is 19.9 Å². The summed E-state index contributed by atoms with van der Waals surface area (Å²) in [5.74, 6) is 0.343. The van der Waals surface area contributed by atoms with Crippen molar-refractivity contribution in [3.63, 3.8) is 0 Å². The van der Waals surface area contributed by atoms with Crippen molar-refractivity contribution in [1.29, 1.82) is 5.26 Å². The molecule has 0 aliphatic heterocycles. The molecular weight excluding hydrogens is 338 g/mol. The van der Waals surface area contributed by atoms with E-state index in [1.54, 1.807) is 35.1 Å². The summed E-state index contributed by atoms with van der Waals surface area (Å²) in [6.45, 7) is 0. The van der Waals surface area contributed by atoms with Crippen LogP contribution in [-0.2, 0) is 0 Å². The molecule has 2 heterocycles. The van der Waals surface area contributed by atoms with E-state index >= 15 is 0 Å². The van der Waals surface area contributed by atoms with Crippen LogP contribution in [0.15, 0.2) is 73.1 Å². The minimum atomic E-state index is 0.169. The number of nitriles is 1. The zero-order chi connectivity index (χ0) is 18.8. The summed E-state index contributed by atoms with van der Waals surface area (Å²) in [6, 6.07) is 20.2. The molecule has 0 bridgehead atoms. The highest BCUT2D eigenvalue weighted by Crippen LogP contribution is 2.32. The van der Waals surface area contributed by atoms with E-state index in [0.717, 1.165) is 16.8 Å². The van der Waals surface area contributed by atoms with E-state index in [1.807, 2.05) is 42.6 Å². The van der Waals surface area contributed by atoms with E-state index in [0.29, 0.717) is 16.8 Å². The predicted molar refractivity (Wildman–Crippen MR) is 103 cm³/mol. The number of rotatable bonds is 3. The molecule has 4 rings (SSSR count). The second-order valence-corrected chi connectivity index (χ2v) is 5.97. The summed E-state index contributed by atoms with van der Waals surface area (Å²) in [6.07, 6.45) is 3.56. The van der Waals surface area contributed by atoms with Gasteiger partial charge in [-0.05, 0) is 54.1 Å². The Balaban J connectivity index is 1.88. The second kappa shape index (κ2) is 6.65. The maximum absolute atomic E-state index is 9.59. The Bertz CT molecular complexity index is 1140. The van der Waals surface area contributed by atoms with Gasteiger partial charge in [0, 0.05) is 23.5 Å². The SMILES string of the molecule is N#Cc1c(-c2cccc(-n3cccn3)c2)cc(-c2ccc(O)cc2)nc1N. The molecule has 27 heavy (non-hydrogen) atoms. The molecule has 4 aromatic rings. The van der Waals surface area contributed by atoms with Gasteiger partial charge in [-0.15, -0.1) is 0 Å². The Kier molecular flexibility index (Phi) is 4.03. The average molecular weight is 353 g/mol. The first-order valence-corrected chi connectivity index (χ1v) is 8.26. The molecule has 0 saturated carbocycles. The van der Waals surface area contributed by atoms with Crippen LogP contribution in [0.3, 0.4) is 0 Å². The second-order valence-electron chi connectivity index (χ2n) is 5.97. The number of nitrogens with two attached hydrogens (primary N) is 1. The Morgan fingerprint density at radius 2 is 1.81 bits per heavy atom. The van der Waals surface area contributed by atoms with E-state index < -0.39 is 0 Å². The van der Waals surface area contributed by atoms with Crippen LogP contribution in [0, 0.1) is 11.3 Å². The number of nitrogen functional groups attached to an aromatic ring is 1. The number of hydrogen-bond donors (Lipinski definition) is 2. The number of phenols is 1. The molecule has 0 amide bonds. The van der Waals surface area contributed by atoms with Crippen LogP contribution in [0.25, 0.3) is 28.1 Å². The van der Waals surface area contributed by atoms with Crippen molar-refractivity contribution in [3.05, 3.63) is 78.6 Å². The maximum Gasteiger partial charge on any atom is 0.142 e. The van der Waals surface area contributed by atoms with Crippen molar-refractivity contribution >= 4 is 5.82 Å². The fraction of sp³-hybridized carbons (Fsp3) is 0. The van der Waals surface area contributed by atoms with E-state index in [9.17, 15) is 10.4 Å². The Morgan fingerprint density at radius 1 is 1.00 bits per heavy atom. The van der Waals surface area contributed by atoms with E-state index in [-0.39, 0.29) is 11.6 Å². The van der Waals surface area contributed by atoms with Crippen LogP contribution in [0.5, 0.6) is 5.75 Å². The van der Waals surface area contributed by atoms with Crippen LogP contribution in [0.4, 0.5) is 5.82 Å². The van der Waals surface area contributed by atoms with Gasteiger partial charge in [-0.25, -0.2) is 9.67 Å². The molecule has 6 nitrogen and oxygen atoms in total. The van der Waals surface area contributed by atoms with Gasteiger partial charge in [0.1, 0.15) is 23.2 Å². The normalized spacial score (nSPS) is 10.5. The molecule has 6 heteroatoms. The maximum atomic E-state index is 9.59. The smallest absolute Gasteiger partial charge is 0.142 e. The molecule has 2 aromatic carbocycles. The monoisotopic (exact) mass is 353 g/mol. The largest absolute Gasteiger partial charge is 0.508 e. The predicted octanol–water partition coefficient (Wildman–Crippen LogP) is 3.76. The number of hydrogen-bond acceptors (Lipinski definition) is 5. The lowest BCUT2D eigenvalue weighted by molar-refractivity contribution is 0.475. The topological polar surface area (TPSA) is 101 Å². The van der Waals surface area contributed by atoms with Gasteiger partial charge in [0.15, 0.2) is 0 Å². The lowest BCUT2D eigenvalue weighted by Crippen LogP contribution is -2.00. The van der Waals surface area contributed by atoms with Crippen LogP contribution in [0.2, 0.25) is 0 Å². The summed E-state index contributed by atoms with van der Waals surface area (Å²) in [4.78, 5) is 4.36. The third-order valence-electron chi connectivity index (χ3n) is 4.25. The number of phenolic OH excluding ortho intramolecular Hbond substituents is 1. The molecule has 0 unspecified atom stereocenters. The first-order chi connectivity index (χ1) is 13.2. The van der Waals surface area contributed by atoms with Crippen molar-refractivity contribution in [2.24, 2.45) is 0 Å². The number of benzene rings is 2. The Hall–Kier alpha value is -4.11. The summed E-state index contributed by atoms with van der Waals surface area (Å²) < 4.78 is 1.75. The molecule has 0 radical (unpaired) electrons. The molecule has 2 aromatic heterocycles. The average Bonchev–Trinajstić information content (AvgIpc) is 3.23. The zero-order valence-corrected chi connectivity index (χ0v) is 14.2.